The van der Waals surface area contributed by atoms with Gasteiger partial charge in [-0.05, 0) is 19.4 Å². The highest BCUT2D eigenvalue weighted by Crippen LogP contribution is 2.08. The number of ether oxygens (including phenoxy) is 2. The molecule has 0 spiro atoms. The van der Waals surface area contributed by atoms with Gasteiger partial charge in [-0.25, -0.2) is 9.48 Å². The van der Waals surface area contributed by atoms with Crippen LogP contribution in [0.15, 0.2) is 30.3 Å². The first-order valence-corrected chi connectivity index (χ1v) is 6.91. The molecule has 6 nitrogen and oxygen atoms in total. The average molecular weight is 289 g/mol. The van der Waals surface area contributed by atoms with Crippen LogP contribution in [0.2, 0.25) is 0 Å². The Bertz CT molecular complexity index is 581. The van der Waals surface area contributed by atoms with E-state index in [4.69, 9.17) is 9.47 Å². The standard InChI is InChI=1S/C15H19N3O3/c1-3-20-10-9-18-12(2)14(16-17-18)15(19)21-11-13-7-5-4-6-8-13/h4-8H,3,9-11H2,1-2H3. The monoisotopic (exact) mass is 289 g/mol. The largest absolute Gasteiger partial charge is 0.456 e. The van der Waals surface area contributed by atoms with Gasteiger partial charge in [0.15, 0.2) is 5.69 Å². The lowest BCUT2D eigenvalue weighted by molar-refractivity contribution is 0.0464. The molecule has 2 rings (SSSR count). The average Bonchev–Trinajstić information content (AvgIpc) is 2.87. The summed E-state index contributed by atoms with van der Waals surface area (Å²) in [6.45, 7) is 5.72. The quantitative estimate of drug-likeness (QED) is 0.576. The van der Waals surface area contributed by atoms with Crippen molar-refractivity contribution in [1.29, 1.82) is 0 Å². The Labute approximate surface area is 123 Å². The molecule has 1 heterocycles. The second-order valence-electron chi connectivity index (χ2n) is 4.51. The van der Waals surface area contributed by atoms with Gasteiger partial charge in [0.2, 0.25) is 0 Å². The second-order valence-corrected chi connectivity index (χ2v) is 4.51. The van der Waals surface area contributed by atoms with Crippen molar-refractivity contribution in [2.75, 3.05) is 13.2 Å². The molecule has 0 bridgehead atoms. The molecular weight excluding hydrogens is 270 g/mol. The molecule has 0 N–H and O–H groups in total. The van der Waals surface area contributed by atoms with E-state index in [0.29, 0.717) is 25.5 Å². The van der Waals surface area contributed by atoms with E-state index in [1.165, 1.54) is 0 Å². The number of hydrogen-bond acceptors (Lipinski definition) is 5. The maximum Gasteiger partial charge on any atom is 0.361 e. The molecule has 0 aliphatic carbocycles. The van der Waals surface area contributed by atoms with Crippen LogP contribution in [-0.4, -0.2) is 34.2 Å². The van der Waals surface area contributed by atoms with Gasteiger partial charge in [0.1, 0.15) is 6.61 Å². The summed E-state index contributed by atoms with van der Waals surface area (Å²) >= 11 is 0. The molecule has 0 saturated heterocycles. The third-order valence-electron chi connectivity index (χ3n) is 3.04. The fourth-order valence-electron chi connectivity index (χ4n) is 1.85. The molecule has 112 valence electrons. The summed E-state index contributed by atoms with van der Waals surface area (Å²) in [5.74, 6) is -0.459. The predicted octanol–water partition coefficient (Wildman–Crippen LogP) is 1.98. The van der Waals surface area contributed by atoms with Crippen LogP contribution in [0.25, 0.3) is 0 Å². The first-order valence-electron chi connectivity index (χ1n) is 6.91. The van der Waals surface area contributed by atoms with Gasteiger partial charge in [0.25, 0.3) is 0 Å². The topological polar surface area (TPSA) is 66.2 Å². The van der Waals surface area contributed by atoms with Gasteiger partial charge in [-0.15, -0.1) is 5.10 Å². The van der Waals surface area contributed by atoms with E-state index >= 15 is 0 Å². The van der Waals surface area contributed by atoms with Gasteiger partial charge in [-0.3, -0.25) is 0 Å². The second kappa shape index (κ2) is 7.54. The van der Waals surface area contributed by atoms with E-state index in [1.54, 1.807) is 11.6 Å². The summed E-state index contributed by atoms with van der Waals surface area (Å²) in [4.78, 5) is 12.0. The Kier molecular flexibility index (Phi) is 5.45. The fraction of sp³-hybridized carbons (Fsp3) is 0.400. The SMILES string of the molecule is CCOCCn1nnc(C(=O)OCc2ccccc2)c1C. The van der Waals surface area contributed by atoms with Crippen molar-refractivity contribution in [3.05, 3.63) is 47.3 Å². The number of carbonyl (C=O) groups excluding carboxylic acids is 1. The van der Waals surface area contributed by atoms with Crippen molar-refractivity contribution in [3.63, 3.8) is 0 Å². The van der Waals surface area contributed by atoms with E-state index < -0.39 is 5.97 Å². The van der Waals surface area contributed by atoms with Gasteiger partial charge in [0, 0.05) is 6.61 Å². The highest BCUT2D eigenvalue weighted by Gasteiger charge is 2.17. The lowest BCUT2D eigenvalue weighted by Crippen LogP contribution is -2.11. The molecule has 0 amide bonds. The summed E-state index contributed by atoms with van der Waals surface area (Å²) in [5, 5.41) is 7.84. The van der Waals surface area contributed by atoms with Gasteiger partial charge in [0.05, 0.1) is 18.8 Å². The number of hydrogen-bond donors (Lipinski definition) is 0. The number of esters is 1. The molecule has 0 aliphatic heterocycles. The first-order chi connectivity index (χ1) is 10.2. The van der Waals surface area contributed by atoms with Crippen molar-refractivity contribution in [2.24, 2.45) is 0 Å². The summed E-state index contributed by atoms with van der Waals surface area (Å²) in [6.07, 6.45) is 0. The van der Waals surface area contributed by atoms with Crippen LogP contribution in [0, 0.1) is 6.92 Å². The van der Waals surface area contributed by atoms with Crippen molar-refractivity contribution < 1.29 is 14.3 Å². The minimum absolute atomic E-state index is 0.227. The molecule has 0 aliphatic rings. The number of benzene rings is 1. The van der Waals surface area contributed by atoms with E-state index in [0.717, 1.165) is 5.56 Å². The number of rotatable bonds is 7. The van der Waals surface area contributed by atoms with Crippen molar-refractivity contribution in [3.8, 4) is 0 Å². The van der Waals surface area contributed by atoms with Crippen LogP contribution in [0.5, 0.6) is 0 Å². The van der Waals surface area contributed by atoms with Crippen molar-refractivity contribution in [1.82, 2.24) is 15.0 Å². The summed E-state index contributed by atoms with van der Waals surface area (Å²) < 4.78 is 12.2. The molecule has 0 saturated carbocycles. The maximum atomic E-state index is 12.0. The van der Waals surface area contributed by atoms with Crippen molar-refractivity contribution >= 4 is 5.97 Å². The molecular formula is C15H19N3O3. The fourth-order valence-corrected chi connectivity index (χ4v) is 1.85. The number of aromatic nitrogens is 3. The molecule has 0 radical (unpaired) electrons. The maximum absolute atomic E-state index is 12.0. The van der Waals surface area contributed by atoms with E-state index in [9.17, 15) is 4.79 Å². The Morgan fingerprint density at radius 1 is 1.29 bits per heavy atom. The molecule has 1 aromatic carbocycles. The predicted molar refractivity (Wildman–Crippen MR) is 76.8 cm³/mol. The van der Waals surface area contributed by atoms with Gasteiger partial charge >= 0.3 is 5.97 Å². The normalized spacial score (nSPS) is 10.6. The molecule has 1 aromatic heterocycles. The molecule has 6 heteroatoms. The Balaban J connectivity index is 1.93. The zero-order valence-corrected chi connectivity index (χ0v) is 12.3. The van der Waals surface area contributed by atoms with Gasteiger partial charge < -0.3 is 9.47 Å². The third-order valence-corrected chi connectivity index (χ3v) is 3.04. The Hall–Kier alpha value is -2.21. The van der Waals surface area contributed by atoms with E-state index in [1.807, 2.05) is 37.3 Å². The molecule has 0 fully saturated rings. The van der Waals surface area contributed by atoms with E-state index in [2.05, 4.69) is 10.3 Å². The minimum atomic E-state index is -0.459. The summed E-state index contributed by atoms with van der Waals surface area (Å²) in [5.41, 5.74) is 1.88. The van der Waals surface area contributed by atoms with Crippen LogP contribution in [0.3, 0.4) is 0 Å². The van der Waals surface area contributed by atoms with Crippen molar-refractivity contribution in [2.45, 2.75) is 27.0 Å². The first kappa shape index (κ1) is 15.2. The highest BCUT2D eigenvalue weighted by molar-refractivity contribution is 5.88. The zero-order chi connectivity index (χ0) is 15.1. The minimum Gasteiger partial charge on any atom is -0.456 e. The lowest BCUT2D eigenvalue weighted by atomic mass is 10.2. The molecule has 0 atom stereocenters. The van der Waals surface area contributed by atoms with E-state index in [-0.39, 0.29) is 12.3 Å². The summed E-state index contributed by atoms with van der Waals surface area (Å²) in [7, 11) is 0. The molecule has 2 aromatic rings. The van der Waals surface area contributed by atoms with Gasteiger partial charge in [-0.2, -0.15) is 0 Å². The van der Waals surface area contributed by atoms with Crippen LogP contribution < -0.4 is 0 Å². The molecule has 0 unspecified atom stereocenters. The highest BCUT2D eigenvalue weighted by atomic mass is 16.5. The number of nitrogens with zero attached hydrogens (tertiary/aromatic N) is 3. The lowest BCUT2D eigenvalue weighted by Gasteiger charge is -2.05. The number of carbonyl (C=O) groups is 1. The Morgan fingerprint density at radius 3 is 2.76 bits per heavy atom. The molecule has 21 heavy (non-hydrogen) atoms. The smallest absolute Gasteiger partial charge is 0.361 e. The van der Waals surface area contributed by atoms with Crippen LogP contribution in [0.1, 0.15) is 28.7 Å². The van der Waals surface area contributed by atoms with Crippen LogP contribution in [0.4, 0.5) is 0 Å². The van der Waals surface area contributed by atoms with Crippen LogP contribution >= 0.6 is 0 Å². The summed E-state index contributed by atoms with van der Waals surface area (Å²) in [6, 6.07) is 9.52. The Morgan fingerprint density at radius 2 is 2.05 bits per heavy atom. The zero-order valence-electron chi connectivity index (χ0n) is 12.3. The van der Waals surface area contributed by atoms with Crippen LogP contribution in [-0.2, 0) is 22.6 Å². The third kappa shape index (κ3) is 4.13. The van der Waals surface area contributed by atoms with Gasteiger partial charge in [-0.1, -0.05) is 35.5 Å².